The Morgan fingerprint density at radius 2 is 1.85 bits per heavy atom. The number of halogens is 1. The number of aryl methyl sites for hydroxylation is 1. The van der Waals surface area contributed by atoms with Gasteiger partial charge in [0.25, 0.3) is 5.91 Å². The molecule has 0 bridgehead atoms. The highest BCUT2D eigenvalue weighted by Crippen LogP contribution is 2.19. The van der Waals surface area contributed by atoms with Gasteiger partial charge < -0.3 is 15.5 Å². The van der Waals surface area contributed by atoms with Gasteiger partial charge in [-0.15, -0.1) is 12.4 Å². The summed E-state index contributed by atoms with van der Waals surface area (Å²) in [7, 11) is 0. The molecule has 0 spiro atoms. The number of piperazine rings is 1. The van der Waals surface area contributed by atoms with Gasteiger partial charge in [-0.3, -0.25) is 14.5 Å². The van der Waals surface area contributed by atoms with Crippen LogP contribution >= 0.6 is 12.4 Å². The lowest BCUT2D eigenvalue weighted by atomic mass is 9.96. The summed E-state index contributed by atoms with van der Waals surface area (Å²) in [4.78, 5) is 29.4. The molecule has 2 aliphatic rings. The third-order valence-electron chi connectivity index (χ3n) is 5.31. The molecule has 7 heteroatoms. The summed E-state index contributed by atoms with van der Waals surface area (Å²) in [6.07, 6.45) is 1.74. The molecule has 150 valence electrons. The molecule has 0 aliphatic carbocycles. The van der Waals surface area contributed by atoms with Crippen LogP contribution in [0.4, 0.5) is 0 Å². The van der Waals surface area contributed by atoms with E-state index in [0.717, 1.165) is 57.7 Å². The minimum Gasteiger partial charge on any atom is -0.355 e. The number of nitrogens with one attached hydrogen (secondary N) is 2. The molecule has 2 saturated heterocycles. The molecule has 2 amide bonds. The van der Waals surface area contributed by atoms with E-state index in [2.05, 4.69) is 15.5 Å². The molecule has 6 nitrogen and oxygen atoms in total. The molecule has 1 aromatic rings. The Balaban J connectivity index is 0.00000261. The van der Waals surface area contributed by atoms with Gasteiger partial charge in [0, 0.05) is 57.9 Å². The lowest BCUT2D eigenvalue weighted by molar-refractivity contribution is -0.126. The van der Waals surface area contributed by atoms with E-state index in [9.17, 15) is 9.59 Å². The van der Waals surface area contributed by atoms with E-state index >= 15 is 0 Å². The highest BCUT2D eigenvalue weighted by molar-refractivity contribution is 5.94. The Hall–Kier alpha value is -1.63. The van der Waals surface area contributed by atoms with Gasteiger partial charge >= 0.3 is 0 Å². The van der Waals surface area contributed by atoms with Crippen LogP contribution in [0.5, 0.6) is 0 Å². The first kappa shape index (κ1) is 21.7. The average Bonchev–Trinajstić information content (AvgIpc) is 2.69. The predicted molar refractivity (Wildman–Crippen MR) is 109 cm³/mol. The maximum atomic E-state index is 12.7. The lowest BCUT2D eigenvalue weighted by Gasteiger charge is -2.32. The van der Waals surface area contributed by atoms with Crippen LogP contribution in [-0.4, -0.2) is 74.0 Å². The molecule has 1 unspecified atom stereocenters. The zero-order chi connectivity index (χ0) is 18.4. The molecule has 0 saturated carbocycles. The van der Waals surface area contributed by atoms with E-state index < -0.39 is 0 Å². The molecular formula is C20H31ClN4O2. The van der Waals surface area contributed by atoms with E-state index in [1.165, 1.54) is 0 Å². The third kappa shape index (κ3) is 6.19. The Kier molecular flexibility index (Phi) is 8.54. The smallest absolute Gasteiger partial charge is 0.253 e. The molecule has 1 aromatic carbocycles. The zero-order valence-corrected chi connectivity index (χ0v) is 16.9. The van der Waals surface area contributed by atoms with Crippen molar-refractivity contribution >= 4 is 24.2 Å². The van der Waals surface area contributed by atoms with Gasteiger partial charge in [-0.25, -0.2) is 0 Å². The molecule has 2 N–H and O–H groups in total. The van der Waals surface area contributed by atoms with Gasteiger partial charge in [-0.05, 0) is 31.9 Å². The van der Waals surface area contributed by atoms with Crippen LogP contribution in [0.3, 0.4) is 0 Å². The largest absolute Gasteiger partial charge is 0.355 e. The van der Waals surface area contributed by atoms with Crippen molar-refractivity contribution in [2.45, 2.75) is 19.8 Å². The second-order valence-corrected chi connectivity index (χ2v) is 7.34. The number of carbonyl (C=O) groups is 2. The number of rotatable bonds is 5. The summed E-state index contributed by atoms with van der Waals surface area (Å²) in [6.45, 7) is 8.96. The summed E-state index contributed by atoms with van der Waals surface area (Å²) in [5, 5.41) is 6.40. The van der Waals surface area contributed by atoms with E-state index in [1.54, 1.807) is 0 Å². The second-order valence-electron chi connectivity index (χ2n) is 7.34. The SMILES string of the molecule is Cc1ccc(C(=O)N2CCCC(C(=O)NCCN3CCNCC3)C2)cc1.Cl. The molecule has 1 atom stereocenters. The monoisotopic (exact) mass is 394 g/mol. The normalized spacial score (nSPS) is 20.6. The fourth-order valence-corrected chi connectivity index (χ4v) is 3.67. The zero-order valence-electron chi connectivity index (χ0n) is 16.1. The van der Waals surface area contributed by atoms with Crippen LogP contribution in [0.1, 0.15) is 28.8 Å². The van der Waals surface area contributed by atoms with Crippen molar-refractivity contribution in [1.29, 1.82) is 0 Å². The van der Waals surface area contributed by atoms with Crippen LogP contribution in [0, 0.1) is 12.8 Å². The van der Waals surface area contributed by atoms with Crippen LogP contribution in [-0.2, 0) is 4.79 Å². The maximum Gasteiger partial charge on any atom is 0.253 e. The fourth-order valence-electron chi connectivity index (χ4n) is 3.67. The van der Waals surface area contributed by atoms with Crippen molar-refractivity contribution < 1.29 is 9.59 Å². The number of amides is 2. The summed E-state index contributed by atoms with van der Waals surface area (Å²) < 4.78 is 0. The second kappa shape index (κ2) is 10.6. The topological polar surface area (TPSA) is 64.7 Å². The lowest BCUT2D eigenvalue weighted by Crippen LogP contribution is -2.48. The van der Waals surface area contributed by atoms with Crippen LogP contribution in [0.15, 0.2) is 24.3 Å². The van der Waals surface area contributed by atoms with E-state index in [1.807, 2.05) is 36.1 Å². The summed E-state index contributed by atoms with van der Waals surface area (Å²) in [6, 6.07) is 7.65. The molecule has 0 aromatic heterocycles. The first-order valence-electron chi connectivity index (χ1n) is 9.70. The van der Waals surface area contributed by atoms with Gasteiger partial charge in [-0.2, -0.15) is 0 Å². The Morgan fingerprint density at radius 1 is 1.15 bits per heavy atom. The Labute approximate surface area is 168 Å². The molecule has 0 radical (unpaired) electrons. The van der Waals surface area contributed by atoms with Gasteiger partial charge in [-0.1, -0.05) is 17.7 Å². The van der Waals surface area contributed by atoms with E-state index in [4.69, 9.17) is 0 Å². The molecule has 3 rings (SSSR count). The number of likely N-dealkylation sites (tertiary alicyclic amines) is 1. The third-order valence-corrected chi connectivity index (χ3v) is 5.31. The van der Waals surface area contributed by atoms with E-state index in [-0.39, 0.29) is 30.1 Å². The van der Waals surface area contributed by atoms with E-state index in [0.29, 0.717) is 18.7 Å². The number of nitrogens with zero attached hydrogens (tertiary/aromatic N) is 2. The average molecular weight is 395 g/mol. The van der Waals surface area contributed by atoms with Crippen molar-refractivity contribution in [2.24, 2.45) is 5.92 Å². The van der Waals surface area contributed by atoms with Crippen molar-refractivity contribution in [1.82, 2.24) is 20.4 Å². The standard InChI is InChI=1S/C20H30N4O2.ClH/c1-16-4-6-17(7-5-16)20(26)24-11-2-3-18(15-24)19(25)22-10-14-23-12-8-21-9-13-23;/h4-7,18,21H,2-3,8-15H2,1H3,(H,22,25);1H. The van der Waals surface area contributed by atoms with Crippen LogP contribution in [0.2, 0.25) is 0 Å². The summed E-state index contributed by atoms with van der Waals surface area (Å²) in [5.74, 6) is 0.0195. The minimum absolute atomic E-state index is 0. The van der Waals surface area contributed by atoms with Crippen molar-refractivity contribution in [3.63, 3.8) is 0 Å². The van der Waals surface area contributed by atoms with Gasteiger partial charge in [0.15, 0.2) is 0 Å². The Bertz CT molecular complexity index is 617. The van der Waals surface area contributed by atoms with Gasteiger partial charge in [0.05, 0.1) is 5.92 Å². The van der Waals surface area contributed by atoms with Crippen molar-refractivity contribution in [3.8, 4) is 0 Å². The number of piperidine rings is 1. The van der Waals surface area contributed by atoms with Crippen LogP contribution < -0.4 is 10.6 Å². The highest BCUT2D eigenvalue weighted by atomic mass is 35.5. The first-order chi connectivity index (χ1) is 12.6. The highest BCUT2D eigenvalue weighted by Gasteiger charge is 2.28. The Morgan fingerprint density at radius 3 is 2.56 bits per heavy atom. The molecular weight excluding hydrogens is 364 g/mol. The summed E-state index contributed by atoms with van der Waals surface area (Å²) in [5.41, 5.74) is 1.84. The van der Waals surface area contributed by atoms with Crippen molar-refractivity contribution in [2.75, 3.05) is 52.4 Å². The molecule has 27 heavy (non-hydrogen) atoms. The molecule has 2 fully saturated rings. The fraction of sp³-hybridized carbons (Fsp3) is 0.600. The number of benzene rings is 1. The van der Waals surface area contributed by atoms with Crippen molar-refractivity contribution in [3.05, 3.63) is 35.4 Å². The van der Waals surface area contributed by atoms with Crippen LogP contribution in [0.25, 0.3) is 0 Å². The quantitative estimate of drug-likeness (QED) is 0.789. The molecule has 2 aliphatic heterocycles. The summed E-state index contributed by atoms with van der Waals surface area (Å²) >= 11 is 0. The number of carbonyl (C=O) groups excluding carboxylic acids is 2. The first-order valence-corrected chi connectivity index (χ1v) is 9.70. The minimum atomic E-state index is -0.0961. The number of hydrogen-bond donors (Lipinski definition) is 2. The van der Waals surface area contributed by atoms with Gasteiger partial charge in [0.2, 0.25) is 5.91 Å². The maximum absolute atomic E-state index is 12.7. The number of hydrogen-bond acceptors (Lipinski definition) is 4. The van der Waals surface area contributed by atoms with Gasteiger partial charge in [0.1, 0.15) is 0 Å². The molecule has 2 heterocycles. The predicted octanol–water partition coefficient (Wildman–Crippen LogP) is 1.29.